The Labute approximate surface area is 163 Å². The van der Waals surface area contributed by atoms with Gasteiger partial charge < -0.3 is 9.64 Å². The van der Waals surface area contributed by atoms with Crippen LogP contribution in [0.5, 0.6) is 5.75 Å². The number of carbonyl (C=O) groups excluding carboxylic acids is 2. The first kappa shape index (κ1) is 18.6. The van der Waals surface area contributed by atoms with Gasteiger partial charge in [0.1, 0.15) is 11.3 Å². The molecule has 138 valence electrons. The average molecular weight is 381 g/mol. The fourth-order valence-corrected chi connectivity index (χ4v) is 2.94. The summed E-state index contributed by atoms with van der Waals surface area (Å²) in [5.74, 6) is -0.313. The maximum atomic E-state index is 13.0. The molecule has 0 aromatic heterocycles. The van der Waals surface area contributed by atoms with Gasteiger partial charge in [-0.3, -0.25) is 19.8 Å². The van der Waals surface area contributed by atoms with Gasteiger partial charge in [0, 0.05) is 19.8 Å². The van der Waals surface area contributed by atoms with Gasteiger partial charge in [-0.1, -0.05) is 12.1 Å². The third-order valence-electron chi connectivity index (χ3n) is 4.15. The van der Waals surface area contributed by atoms with Crippen LogP contribution in [0.15, 0.2) is 54.1 Å². The lowest BCUT2D eigenvalue weighted by molar-refractivity contribution is -0.122. The number of hydrogen-bond acceptors (Lipinski definition) is 5. The first-order chi connectivity index (χ1) is 12.9. The van der Waals surface area contributed by atoms with Gasteiger partial charge in [-0.25, -0.2) is 0 Å². The van der Waals surface area contributed by atoms with Crippen molar-refractivity contribution in [2.24, 2.45) is 0 Å². The molecule has 1 aliphatic heterocycles. The molecular formula is C20H19N3O3S. The predicted octanol–water partition coefficient (Wildman–Crippen LogP) is 2.59. The lowest BCUT2D eigenvalue weighted by Crippen LogP contribution is -2.54. The minimum Gasteiger partial charge on any atom is -0.497 e. The van der Waals surface area contributed by atoms with Crippen molar-refractivity contribution in [3.8, 4) is 5.75 Å². The molecule has 27 heavy (non-hydrogen) atoms. The molecule has 2 aromatic rings. The summed E-state index contributed by atoms with van der Waals surface area (Å²) in [6.45, 7) is 0. The molecule has 1 N–H and O–H groups in total. The van der Waals surface area contributed by atoms with Gasteiger partial charge in [0.2, 0.25) is 0 Å². The minimum atomic E-state index is -0.508. The second kappa shape index (κ2) is 7.59. The molecule has 0 atom stereocenters. The van der Waals surface area contributed by atoms with E-state index < -0.39 is 11.8 Å². The molecule has 2 amide bonds. The van der Waals surface area contributed by atoms with Gasteiger partial charge in [-0.05, 0) is 60.3 Å². The number of ether oxygens (including phenoxy) is 1. The van der Waals surface area contributed by atoms with Crippen molar-refractivity contribution in [2.75, 3.05) is 31.0 Å². The van der Waals surface area contributed by atoms with Crippen LogP contribution in [-0.2, 0) is 9.59 Å². The van der Waals surface area contributed by atoms with Gasteiger partial charge in [0.05, 0.1) is 12.8 Å². The van der Waals surface area contributed by atoms with Crippen molar-refractivity contribution in [2.45, 2.75) is 0 Å². The molecule has 0 spiro atoms. The number of amides is 2. The van der Waals surface area contributed by atoms with Gasteiger partial charge in [0.25, 0.3) is 11.8 Å². The van der Waals surface area contributed by atoms with Gasteiger partial charge >= 0.3 is 0 Å². The summed E-state index contributed by atoms with van der Waals surface area (Å²) >= 11 is 5.20. The van der Waals surface area contributed by atoms with Crippen LogP contribution >= 0.6 is 12.2 Å². The smallest absolute Gasteiger partial charge is 0.270 e. The number of thiocarbonyl (C=S) groups is 1. The summed E-state index contributed by atoms with van der Waals surface area (Å²) in [7, 11) is 5.45. The third kappa shape index (κ3) is 3.83. The molecule has 3 rings (SSSR count). The highest BCUT2D eigenvalue weighted by molar-refractivity contribution is 7.80. The minimum absolute atomic E-state index is 0.0250. The summed E-state index contributed by atoms with van der Waals surface area (Å²) in [5.41, 5.74) is 2.36. The van der Waals surface area contributed by atoms with Crippen molar-refractivity contribution >= 4 is 46.6 Å². The largest absolute Gasteiger partial charge is 0.497 e. The number of carbonyl (C=O) groups is 2. The number of hydrogen-bond donors (Lipinski definition) is 1. The molecule has 0 radical (unpaired) electrons. The Balaban J connectivity index is 1.93. The fraction of sp³-hybridized carbons (Fsp3) is 0.150. The van der Waals surface area contributed by atoms with E-state index in [4.69, 9.17) is 17.0 Å². The monoisotopic (exact) mass is 381 g/mol. The molecular weight excluding hydrogens is 362 g/mol. The zero-order valence-electron chi connectivity index (χ0n) is 15.2. The van der Waals surface area contributed by atoms with Crippen LogP contribution in [0.1, 0.15) is 5.56 Å². The van der Waals surface area contributed by atoms with E-state index in [-0.39, 0.29) is 10.7 Å². The molecule has 6 nitrogen and oxygen atoms in total. The molecule has 7 heteroatoms. The Morgan fingerprint density at radius 1 is 1.04 bits per heavy atom. The Hall–Kier alpha value is -3.19. The van der Waals surface area contributed by atoms with Crippen molar-refractivity contribution in [1.29, 1.82) is 0 Å². The average Bonchev–Trinajstić information content (AvgIpc) is 2.66. The lowest BCUT2D eigenvalue weighted by Gasteiger charge is -2.29. The molecule has 0 saturated carbocycles. The SMILES string of the molecule is COc1ccc(N2C(=O)/C(=C/c3ccc(N(C)C)cc3)C(=O)NC2=S)cc1. The molecule has 0 bridgehead atoms. The van der Waals surface area contributed by atoms with Crippen LogP contribution in [0.2, 0.25) is 0 Å². The summed E-state index contributed by atoms with van der Waals surface area (Å²) < 4.78 is 5.13. The van der Waals surface area contributed by atoms with Crippen molar-refractivity contribution in [1.82, 2.24) is 5.32 Å². The quantitative estimate of drug-likeness (QED) is 0.501. The normalized spacial score (nSPS) is 15.7. The lowest BCUT2D eigenvalue weighted by atomic mass is 10.1. The summed E-state index contributed by atoms with van der Waals surface area (Å²) in [5, 5.41) is 2.63. The Morgan fingerprint density at radius 2 is 1.67 bits per heavy atom. The van der Waals surface area contributed by atoms with Gasteiger partial charge in [0.15, 0.2) is 5.11 Å². The Bertz CT molecular complexity index is 918. The first-order valence-electron chi connectivity index (χ1n) is 8.23. The van der Waals surface area contributed by atoms with Crippen molar-refractivity contribution in [3.05, 3.63) is 59.7 Å². The number of anilines is 2. The fourth-order valence-electron chi connectivity index (χ4n) is 2.66. The molecule has 1 aliphatic rings. The van der Waals surface area contributed by atoms with E-state index in [1.165, 1.54) is 4.90 Å². The highest BCUT2D eigenvalue weighted by atomic mass is 32.1. The number of nitrogens with zero attached hydrogens (tertiary/aromatic N) is 2. The summed E-state index contributed by atoms with van der Waals surface area (Å²) in [6, 6.07) is 14.4. The molecule has 1 heterocycles. The van der Waals surface area contributed by atoms with Crippen molar-refractivity contribution < 1.29 is 14.3 Å². The molecule has 1 fully saturated rings. The van der Waals surface area contributed by atoms with E-state index in [9.17, 15) is 9.59 Å². The molecule has 0 aliphatic carbocycles. The van der Waals surface area contributed by atoms with E-state index in [1.807, 2.05) is 43.3 Å². The van der Waals surface area contributed by atoms with Crippen LogP contribution in [0.25, 0.3) is 6.08 Å². The highest BCUT2D eigenvalue weighted by Crippen LogP contribution is 2.24. The van der Waals surface area contributed by atoms with Crippen LogP contribution in [0, 0.1) is 0 Å². The van der Waals surface area contributed by atoms with Crippen LogP contribution < -0.4 is 19.9 Å². The standard InChI is InChI=1S/C20H19N3O3S/c1-22(2)14-6-4-13(5-7-14)12-17-18(24)21-20(27)23(19(17)25)15-8-10-16(26-3)11-9-15/h4-12H,1-3H3,(H,21,24,27)/b17-12+. The maximum absolute atomic E-state index is 13.0. The zero-order chi connectivity index (χ0) is 19.6. The number of benzene rings is 2. The number of methoxy groups -OCH3 is 1. The summed E-state index contributed by atoms with van der Waals surface area (Å²) in [6.07, 6.45) is 1.56. The van der Waals surface area contributed by atoms with Gasteiger partial charge in [-0.2, -0.15) is 0 Å². The number of nitrogens with one attached hydrogen (secondary N) is 1. The van der Waals surface area contributed by atoms with Crippen molar-refractivity contribution in [3.63, 3.8) is 0 Å². The molecule has 2 aromatic carbocycles. The van der Waals surface area contributed by atoms with Crippen LogP contribution in [0.4, 0.5) is 11.4 Å². The van der Waals surface area contributed by atoms with Crippen LogP contribution in [0.3, 0.4) is 0 Å². The summed E-state index contributed by atoms with van der Waals surface area (Å²) in [4.78, 5) is 28.6. The Kier molecular flexibility index (Phi) is 5.23. The molecule has 0 unspecified atom stereocenters. The zero-order valence-corrected chi connectivity index (χ0v) is 16.0. The van der Waals surface area contributed by atoms with Gasteiger partial charge in [-0.15, -0.1) is 0 Å². The second-order valence-electron chi connectivity index (χ2n) is 6.14. The topological polar surface area (TPSA) is 61.9 Å². The predicted molar refractivity (Wildman–Crippen MR) is 110 cm³/mol. The van der Waals surface area contributed by atoms with E-state index in [0.717, 1.165) is 11.3 Å². The van der Waals surface area contributed by atoms with E-state index in [2.05, 4.69) is 5.32 Å². The van der Waals surface area contributed by atoms with E-state index in [1.54, 1.807) is 37.5 Å². The second-order valence-corrected chi connectivity index (χ2v) is 6.53. The maximum Gasteiger partial charge on any atom is 0.270 e. The highest BCUT2D eigenvalue weighted by Gasteiger charge is 2.34. The Morgan fingerprint density at radius 3 is 2.22 bits per heavy atom. The van der Waals surface area contributed by atoms with E-state index in [0.29, 0.717) is 11.4 Å². The number of rotatable bonds is 4. The molecule has 1 saturated heterocycles. The van der Waals surface area contributed by atoms with E-state index >= 15 is 0 Å². The first-order valence-corrected chi connectivity index (χ1v) is 8.64. The van der Waals surface area contributed by atoms with Crippen LogP contribution in [-0.4, -0.2) is 38.1 Å². The third-order valence-corrected chi connectivity index (χ3v) is 4.44.